The molecule has 1 amide bonds. The van der Waals surface area contributed by atoms with Gasteiger partial charge in [0.25, 0.3) is 0 Å². The van der Waals surface area contributed by atoms with Crippen molar-refractivity contribution < 1.29 is 14.1 Å². The van der Waals surface area contributed by atoms with Crippen LogP contribution in [0, 0.1) is 0 Å². The van der Waals surface area contributed by atoms with E-state index in [1.807, 2.05) is 23.1 Å². The maximum absolute atomic E-state index is 13.0. The average molecular weight is 381 g/mol. The number of ether oxygens (including phenoxy) is 1. The number of rotatable bonds is 7. The second-order valence-electron chi connectivity index (χ2n) is 8.43. The first-order valence-corrected chi connectivity index (χ1v) is 10.5. The molecule has 0 unspecified atom stereocenters. The van der Waals surface area contributed by atoms with Crippen LogP contribution in [0.2, 0.25) is 0 Å². The predicted molar refractivity (Wildman–Crippen MR) is 103 cm³/mol. The van der Waals surface area contributed by atoms with E-state index < -0.39 is 0 Å². The van der Waals surface area contributed by atoms with Crippen LogP contribution in [0.15, 0.2) is 34.9 Å². The van der Waals surface area contributed by atoms with Crippen LogP contribution in [0.25, 0.3) is 0 Å². The minimum absolute atomic E-state index is 0.160. The van der Waals surface area contributed by atoms with Gasteiger partial charge in [-0.1, -0.05) is 48.3 Å². The fourth-order valence-electron chi connectivity index (χ4n) is 4.52. The van der Waals surface area contributed by atoms with E-state index in [0.29, 0.717) is 43.9 Å². The molecule has 28 heavy (non-hydrogen) atoms. The molecule has 0 N–H and O–H groups in total. The quantitative estimate of drug-likeness (QED) is 0.737. The molecule has 148 valence electrons. The minimum atomic E-state index is -0.288. The van der Waals surface area contributed by atoms with Crippen LogP contribution in [0.3, 0.4) is 0 Å². The highest BCUT2D eigenvalue weighted by atomic mass is 16.5. The number of amides is 1. The summed E-state index contributed by atoms with van der Waals surface area (Å²) in [6, 6.07) is 10.2. The summed E-state index contributed by atoms with van der Waals surface area (Å²) < 4.78 is 11.3. The SMILES string of the molecule is O=C(N1CC(c2nc(CCOC3CCCC3)no2)C1)C1(c2ccccc2)CC1. The fourth-order valence-corrected chi connectivity index (χ4v) is 4.52. The minimum Gasteiger partial charge on any atom is -0.378 e. The van der Waals surface area contributed by atoms with E-state index in [-0.39, 0.29) is 17.2 Å². The van der Waals surface area contributed by atoms with Gasteiger partial charge in [-0.05, 0) is 31.2 Å². The Morgan fingerprint density at radius 3 is 2.64 bits per heavy atom. The molecule has 2 aromatic rings. The first-order chi connectivity index (χ1) is 13.7. The van der Waals surface area contributed by atoms with Crippen molar-refractivity contribution in [2.45, 2.75) is 62.4 Å². The molecule has 0 radical (unpaired) electrons. The van der Waals surface area contributed by atoms with Gasteiger partial charge in [0.2, 0.25) is 11.8 Å². The monoisotopic (exact) mass is 381 g/mol. The van der Waals surface area contributed by atoms with Crippen molar-refractivity contribution in [1.82, 2.24) is 15.0 Å². The van der Waals surface area contributed by atoms with Gasteiger partial charge in [0, 0.05) is 19.5 Å². The Morgan fingerprint density at radius 2 is 1.93 bits per heavy atom. The second-order valence-corrected chi connectivity index (χ2v) is 8.43. The van der Waals surface area contributed by atoms with Crippen molar-refractivity contribution in [2.24, 2.45) is 0 Å². The smallest absolute Gasteiger partial charge is 0.233 e. The van der Waals surface area contributed by atoms with Gasteiger partial charge in [-0.15, -0.1) is 0 Å². The van der Waals surface area contributed by atoms with E-state index in [9.17, 15) is 4.79 Å². The number of carbonyl (C=O) groups excluding carboxylic acids is 1. The van der Waals surface area contributed by atoms with Gasteiger partial charge in [0.1, 0.15) is 0 Å². The van der Waals surface area contributed by atoms with E-state index >= 15 is 0 Å². The zero-order valence-corrected chi connectivity index (χ0v) is 16.2. The average Bonchev–Trinajstić information content (AvgIpc) is 3.09. The van der Waals surface area contributed by atoms with Crippen LogP contribution >= 0.6 is 0 Å². The van der Waals surface area contributed by atoms with Gasteiger partial charge in [0.05, 0.1) is 24.0 Å². The normalized spacial score (nSPS) is 21.6. The molecular weight excluding hydrogens is 354 g/mol. The predicted octanol–water partition coefficient (Wildman–Crippen LogP) is 3.23. The van der Waals surface area contributed by atoms with Crippen molar-refractivity contribution in [2.75, 3.05) is 19.7 Å². The number of hydrogen-bond acceptors (Lipinski definition) is 5. The van der Waals surface area contributed by atoms with Crippen molar-refractivity contribution >= 4 is 5.91 Å². The molecule has 2 heterocycles. The largest absolute Gasteiger partial charge is 0.378 e. The first-order valence-electron chi connectivity index (χ1n) is 10.5. The summed E-state index contributed by atoms with van der Waals surface area (Å²) in [5.74, 6) is 1.78. The molecule has 0 spiro atoms. The van der Waals surface area contributed by atoms with E-state index in [1.54, 1.807) is 0 Å². The van der Waals surface area contributed by atoms with Gasteiger partial charge in [-0.3, -0.25) is 4.79 Å². The summed E-state index contributed by atoms with van der Waals surface area (Å²) >= 11 is 0. The van der Waals surface area contributed by atoms with Crippen molar-refractivity contribution in [1.29, 1.82) is 0 Å². The summed E-state index contributed by atoms with van der Waals surface area (Å²) in [6.45, 7) is 2.00. The Kier molecular flexibility index (Phi) is 4.67. The third-order valence-electron chi connectivity index (χ3n) is 6.47. The third-order valence-corrected chi connectivity index (χ3v) is 6.47. The van der Waals surface area contributed by atoms with Gasteiger partial charge in [-0.25, -0.2) is 0 Å². The molecule has 2 saturated carbocycles. The topological polar surface area (TPSA) is 68.5 Å². The molecular formula is C22H27N3O3. The van der Waals surface area contributed by atoms with Gasteiger partial charge in [-0.2, -0.15) is 4.98 Å². The van der Waals surface area contributed by atoms with E-state index in [2.05, 4.69) is 22.3 Å². The summed E-state index contributed by atoms with van der Waals surface area (Å²) in [6.07, 6.45) is 7.90. The molecule has 5 rings (SSSR count). The van der Waals surface area contributed by atoms with Crippen LogP contribution in [0.1, 0.15) is 61.7 Å². The Bertz CT molecular complexity index is 819. The molecule has 0 bridgehead atoms. The van der Waals surface area contributed by atoms with Crippen LogP contribution in [0.4, 0.5) is 0 Å². The lowest BCUT2D eigenvalue weighted by atomic mass is 9.90. The van der Waals surface area contributed by atoms with Crippen LogP contribution in [0.5, 0.6) is 0 Å². The number of benzene rings is 1. The molecule has 1 aromatic carbocycles. The number of likely N-dealkylation sites (tertiary alicyclic amines) is 1. The van der Waals surface area contributed by atoms with Crippen molar-refractivity contribution in [3.63, 3.8) is 0 Å². The highest BCUT2D eigenvalue weighted by Crippen LogP contribution is 2.50. The van der Waals surface area contributed by atoms with Gasteiger partial charge in [0.15, 0.2) is 5.82 Å². The summed E-state index contributed by atoms with van der Waals surface area (Å²) in [4.78, 5) is 19.5. The zero-order valence-electron chi connectivity index (χ0n) is 16.2. The molecule has 3 aliphatic rings. The molecule has 0 atom stereocenters. The lowest BCUT2D eigenvalue weighted by Gasteiger charge is -2.39. The van der Waals surface area contributed by atoms with Crippen molar-refractivity contribution in [3.05, 3.63) is 47.6 Å². The molecule has 6 nitrogen and oxygen atoms in total. The lowest BCUT2D eigenvalue weighted by Crippen LogP contribution is -2.52. The van der Waals surface area contributed by atoms with Crippen LogP contribution in [-0.4, -0.2) is 46.7 Å². The number of hydrogen-bond donors (Lipinski definition) is 0. The number of carbonyl (C=O) groups is 1. The Balaban J connectivity index is 1.12. The molecule has 3 fully saturated rings. The molecule has 1 saturated heterocycles. The number of aromatic nitrogens is 2. The van der Waals surface area contributed by atoms with Crippen LogP contribution in [-0.2, 0) is 21.4 Å². The van der Waals surface area contributed by atoms with Gasteiger partial charge < -0.3 is 14.2 Å². The Morgan fingerprint density at radius 1 is 1.18 bits per heavy atom. The fraction of sp³-hybridized carbons (Fsp3) is 0.591. The summed E-state index contributed by atoms with van der Waals surface area (Å²) in [5.41, 5.74) is 0.856. The highest BCUT2D eigenvalue weighted by molar-refractivity contribution is 5.92. The lowest BCUT2D eigenvalue weighted by molar-refractivity contribution is -0.138. The summed E-state index contributed by atoms with van der Waals surface area (Å²) in [7, 11) is 0. The standard InChI is InChI=1S/C22H27N3O3/c26-21(22(11-12-22)17-6-2-1-3-7-17)25-14-16(15-25)20-23-19(24-28-20)10-13-27-18-8-4-5-9-18/h1-3,6-7,16,18H,4-5,8-15H2. The zero-order chi connectivity index (χ0) is 19.0. The maximum atomic E-state index is 13.0. The molecule has 1 aromatic heterocycles. The van der Waals surface area contributed by atoms with Crippen LogP contribution < -0.4 is 0 Å². The second kappa shape index (κ2) is 7.32. The Labute approximate surface area is 165 Å². The van der Waals surface area contributed by atoms with Crippen molar-refractivity contribution in [3.8, 4) is 0 Å². The third kappa shape index (κ3) is 3.34. The number of nitrogens with zero attached hydrogens (tertiary/aromatic N) is 3. The maximum Gasteiger partial charge on any atom is 0.233 e. The van der Waals surface area contributed by atoms with E-state index in [0.717, 1.165) is 18.4 Å². The molecule has 2 aliphatic carbocycles. The molecule has 1 aliphatic heterocycles. The van der Waals surface area contributed by atoms with E-state index in [4.69, 9.17) is 9.26 Å². The molecule has 6 heteroatoms. The van der Waals surface area contributed by atoms with Gasteiger partial charge >= 0.3 is 0 Å². The first kappa shape index (κ1) is 17.9. The summed E-state index contributed by atoms with van der Waals surface area (Å²) in [5, 5.41) is 4.09. The van der Waals surface area contributed by atoms with E-state index in [1.165, 1.54) is 25.7 Å². The Hall–Kier alpha value is -2.21. The highest BCUT2D eigenvalue weighted by Gasteiger charge is 2.55.